The van der Waals surface area contributed by atoms with Gasteiger partial charge < -0.3 is 16.6 Å². The maximum Gasteiger partial charge on any atom is 0.149 e. The van der Waals surface area contributed by atoms with Crippen molar-refractivity contribution in [3.63, 3.8) is 0 Å². The third-order valence-electron chi connectivity index (χ3n) is 1.81. The average molecular weight is 219 g/mol. The summed E-state index contributed by atoms with van der Waals surface area (Å²) >= 11 is 0. The lowest BCUT2D eigenvalue weighted by Crippen LogP contribution is -2.08. The van der Waals surface area contributed by atoms with Crippen molar-refractivity contribution in [1.82, 2.24) is 0 Å². The zero-order valence-electron chi connectivity index (χ0n) is 7.40. The van der Waals surface area contributed by atoms with Crippen LogP contribution in [0.2, 0.25) is 0 Å². The molecule has 5 N–H and O–H groups in total. The third-order valence-corrected chi connectivity index (χ3v) is 1.81. The Morgan fingerprint density at radius 2 is 2.07 bits per heavy atom. The molecule has 14 heavy (non-hydrogen) atoms. The Kier molecular flexibility index (Phi) is 4.40. The van der Waals surface area contributed by atoms with Crippen LogP contribution in [0.25, 0.3) is 0 Å². The van der Waals surface area contributed by atoms with Gasteiger partial charge in [0.05, 0.1) is 6.04 Å². The minimum atomic E-state index is -0.655. The van der Waals surface area contributed by atoms with E-state index < -0.39 is 11.9 Å². The molecule has 5 heteroatoms. The topological polar surface area (TPSA) is 72.3 Å². The van der Waals surface area contributed by atoms with Crippen molar-refractivity contribution >= 4 is 18.1 Å². The molecule has 1 atom stereocenters. The summed E-state index contributed by atoms with van der Waals surface area (Å²) < 4.78 is 12.8. The highest BCUT2D eigenvalue weighted by Gasteiger charge is 2.12. The number of hydrogen-bond acceptors (Lipinski definition) is 3. The van der Waals surface area contributed by atoms with Crippen LogP contribution in [0.4, 0.5) is 10.1 Å². The van der Waals surface area contributed by atoms with Crippen LogP contribution >= 0.6 is 12.4 Å². The number of hydrogen-bond donors (Lipinski definition) is 3. The fraction of sp³-hybridized carbons (Fsp3) is 0.111. The smallest absolute Gasteiger partial charge is 0.149 e. The maximum absolute atomic E-state index is 12.8. The first-order valence-corrected chi connectivity index (χ1v) is 3.73. The van der Waals surface area contributed by atoms with E-state index in [0.717, 1.165) is 6.07 Å². The Morgan fingerprint density at radius 3 is 2.57 bits per heavy atom. The normalized spacial score (nSPS) is 11.6. The summed E-state index contributed by atoms with van der Waals surface area (Å²) in [5, 5.41) is 9.39. The van der Waals surface area contributed by atoms with Gasteiger partial charge in [-0.1, -0.05) is 12.1 Å². The molecule has 1 rings (SSSR count). The quantitative estimate of drug-likeness (QED) is 0.402. The van der Waals surface area contributed by atoms with Gasteiger partial charge in [0, 0.05) is 5.56 Å². The molecule has 0 amide bonds. The van der Waals surface area contributed by atoms with E-state index >= 15 is 0 Å². The minimum Gasteiger partial charge on any atom is -0.505 e. The Morgan fingerprint density at radius 1 is 1.50 bits per heavy atom. The van der Waals surface area contributed by atoms with Gasteiger partial charge >= 0.3 is 0 Å². The maximum atomic E-state index is 12.8. The Labute approximate surface area is 87.6 Å². The van der Waals surface area contributed by atoms with E-state index in [4.69, 9.17) is 11.5 Å². The number of halogens is 2. The first kappa shape index (κ1) is 12.7. The van der Waals surface area contributed by atoms with Crippen LogP contribution in [0.5, 0.6) is 5.75 Å². The van der Waals surface area contributed by atoms with Crippen LogP contribution in [0.1, 0.15) is 11.6 Å². The predicted molar refractivity (Wildman–Crippen MR) is 56.9 cm³/mol. The molecule has 0 aliphatic rings. The van der Waals surface area contributed by atoms with Gasteiger partial charge in [0.25, 0.3) is 0 Å². The summed E-state index contributed by atoms with van der Waals surface area (Å²) in [6, 6.07) is 2.00. The van der Waals surface area contributed by atoms with Crippen molar-refractivity contribution in [1.29, 1.82) is 0 Å². The SMILES string of the molecule is C=C[C@H](N)c1ccc(F)c(N)c1O.Cl. The summed E-state index contributed by atoms with van der Waals surface area (Å²) in [7, 11) is 0. The molecule has 3 nitrogen and oxygen atoms in total. The monoisotopic (exact) mass is 218 g/mol. The second-order valence-electron chi connectivity index (χ2n) is 2.66. The molecule has 0 radical (unpaired) electrons. The number of phenolic OH excluding ortho intramolecular Hbond substituents is 1. The molecule has 0 saturated heterocycles. The number of rotatable bonds is 2. The van der Waals surface area contributed by atoms with Crippen molar-refractivity contribution < 1.29 is 9.50 Å². The molecule has 0 aromatic heterocycles. The first-order valence-electron chi connectivity index (χ1n) is 3.73. The minimum absolute atomic E-state index is 0. The van der Waals surface area contributed by atoms with Gasteiger partial charge in [-0.15, -0.1) is 19.0 Å². The summed E-state index contributed by atoms with van der Waals surface area (Å²) in [5.41, 5.74) is 10.9. The van der Waals surface area contributed by atoms with Crippen molar-refractivity contribution in [2.45, 2.75) is 6.04 Å². The number of anilines is 1. The summed E-state index contributed by atoms with van der Waals surface area (Å²) in [6.45, 7) is 3.46. The molecule has 0 spiro atoms. The van der Waals surface area contributed by atoms with Crippen LogP contribution in [-0.4, -0.2) is 5.11 Å². The third kappa shape index (κ3) is 2.16. The van der Waals surface area contributed by atoms with Crippen LogP contribution in [0.15, 0.2) is 24.8 Å². The summed E-state index contributed by atoms with van der Waals surface area (Å²) in [5.74, 6) is -0.968. The Bertz CT molecular complexity index is 344. The summed E-state index contributed by atoms with van der Waals surface area (Å²) in [6.07, 6.45) is 1.44. The molecule has 0 fully saturated rings. The molecule has 1 aromatic carbocycles. The highest BCUT2D eigenvalue weighted by atomic mass is 35.5. The van der Waals surface area contributed by atoms with Crippen LogP contribution in [0.3, 0.4) is 0 Å². The van der Waals surface area contributed by atoms with Gasteiger partial charge in [-0.3, -0.25) is 0 Å². The highest BCUT2D eigenvalue weighted by Crippen LogP contribution is 2.31. The lowest BCUT2D eigenvalue weighted by molar-refractivity contribution is 0.463. The number of nitrogens with two attached hydrogens (primary N) is 2. The molecule has 0 aliphatic carbocycles. The first-order chi connectivity index (χ1) is 6.07. The number of phenols is 1. The van der Waals surface area contributed by atoms with Gasteiger partial charge in [-0.25, -0.2) is 4.39 Å². The molecule has 0 unspecified atom stereocenters. The van der Waals surface area contributed by atoms with Crippen molar-refractivity contribution in [3.05, 3.63) is 36.2 Å². The number of benzene rings is 1. The Balaban J connectivity index is 0.00000169. The standard InChI is InChI=1S/C9H11FN2O.ClH/c1-2-7(11)5-3-4-6(10)8(12)9(5)13;/h2-4,7,13H,1,11-12H2;1H/t7-;/m0./s1. The highest BCUT2D eigenvalue weighted by molar-refractivity contribution is 5.85. The molecule has 0 aliphatic heterocycles. The molecule has 1 aromatic rings. The average Bonchev–Trinajstić information content (AvgIpc) is 2.13. The lowest BCUT2D eigenvalue weighted by atomic mass is 10.1. The largest absolute Gasteiger partial charge is 0.505 e. The van der Waals surface area contributed by atoms with Crippen LogP contribution < -0.4 is 11.5 Å². The van der Waals surface area contributed by atoms with E-state index in [9.17, 15) is 9.50 Å². The van der Waals surface area contributed by atoms with Crippen molar-refractivity contribution in [2.24, 2.45) is 5.73 Å². The van der Waals surface area contributed by atoms with Gasteiger partial charge in [0.2, 0.25) is 0 Å². The molecule has 0 heterocycles. The predicted octanol–water partition coefficient (Wildman–Crippen LogP) is 1.72. The Hall–Kier alpha value is -1.26. The summed E-state index contributed by atoms with van der Waals surface area (Å²) in [4.78, 5) is 0. The van der Waals surface area contributed by atoms with Gasteiger partial charge in [-0.2, -0.15) is 0 Å². The van der Waals surface area contributed by atoms with Crippen LogP contribution in [-0.2, 0) is 0 Å². The molecular formula is C9H12ClFN2O. The van der Waals surface area contributed by atoms with E-state index in [2.05, 4.69) is 6.58 Å². The van der Waals surface area contributed by atoms with E-state index in [0.29, 0.717) is 5.56 Å². The lowest BCUT2D eigenvalue weighted by Gasteiger charge is -2.10. The molecule has 0 bridgehead atoms. The fourth-order valence-electron chi connectivity index (χ4n) is 0.996. The van der Waals surface area contributed by atoms with Gasteiger partial charge in [0.1, 0.15) is 17.3 Å². The van der Waals surface area contributed by atoms with Crippen molar-refractivity contribution in [2.75, 3.05) is 5.73 Å². The number of nitrogen functional groups attached to an aromatic ring is 1. The second kappa shape index (κ2) is 4.83. The van der Waals surface area contributed by atoms with E-state index in [1.54, 1.807) is 0 Å². The zero-order chi connectivity index (χ0) is 10.0. The molecular weight excluding hydrogens is 207 g/mol. The molecule has 78 valence electrons. The van der Waals surface area contributed by atoms with E-state index in [1.165, 1.54) is 12.1 Å². The fourth-order valence-corrected chi connectivity index (χ4v) is 0.996. The van der Waals surface area contributed by atoms with E-state index in [1.807, 2.05) is 0 Å². The zero-order valence-corrected chi connectivity index (χ0v) is 8.22. The van der Waals surface area contributed by atoms with Gasteiger partial charge in [-0.05, 0) is 6.07 Å². The van der Waals surface area contributed by atoms with Crippen LogP contribution in [0, 0.1) is 5.82 Å². The second-order valence-corrected chi connectivity index (χ2v) is 2.66. The van der Waals surface area contributed by atoms with E-state index in [-0.39, 0.29) is 23.8 Å². The van der Waals surface area contributed by atoms with Crippen molar-refractivity contribution in [3.8, 4) is 5.75 Å². The number of aromatic hydroxyl groups is 1. The van der Waals surface area contributed by atoms with Gasteiger partial charge in [0.15, 0.2) is 0 Å². The molecule has 0 saturated carbocycles.